The van der Waals surface area contributed by atoms with Gasteiger partial charge in [-0.25, -0.2) is 4.79 Å². The van der Waals surface area contributed by atoms with Gasteiger partial charge in [-0.1, -0.05) is 48.5 Å². The van der Waals surface area contributed by atoms with E-state index in [0.29, 0.717) is 32.5 Å². The zero-order valence-electron chi connectivity index (χ0n) is 14.9. The van der Waals surface area contributed by atoms with E-state index in [1.807, 2.05) is 24.3 Å². The van der Waals surface area contributed by atoms with Crippen molar-refractivity contribution in [2.24, 2.45) is 11.3 Å². The molecular formula is C22H21NO4. The average molecular weight is 363 g/mol. The van der Waals surface area contributed by atoms with Gasteiger partial charge in [-0.2, -0.15) is 0 Å². The van der Waals surface area contributed by atoms with Crippen molar-refractivity contribution in [2.45, 2.75) is 18.8 Å². The van der Waals surface area contributed by atoms with E-state index in [2.05, 4.69) is 24.3 Å². The number of amides is 1. The van der Waals surface area contributed by atoms with Crippen LogP contribution in [-0.2, 0) is 9.53 Å². The number of nitrogens with zero attached hydrogens (tertiary/aromatic N) is 1. The summed E-state index contributed by atoms with van der Waals surface area (Å²) in [4.78, 5) is 25.1. The van der Waals surface area contributed by atoms with Crippen LogP contribution >= 0.6 is 0 Å². The molecule has 0 atom stereocenters. The fourth-order valence-corrected chi connectivity index (χ4v) is 5.00. The smallest absolute Gasteiger partial charge is 0.409 e. The van der Waals surface area contributed by atoms with Crippen molar-refractivity contribution in [3.63, 3.8) is 0 Å². The maximum absolute atomic E-state index is 12.4. The summed E-state index contributed by atoms with van der Waals surface area (Å²) in [6, 6.07) is 16.6. The van der Waals surface area contributed by atoms with Gasteiger partial charge in [-0.15, -0.1) is 0 Å². The molecule has 0 aromatic heterocycles. The quantitative estimate of drug-likeness (QED) is 0.902. The third-order valence-corrected chi connectivity index (χ3v) is 6.35. The van der Waals surface area contributed by atoms with Crippen molar-refractivity contribution in [3.8, 4) is 11.1 Å². The fourth-order valence-electron chi connectivity index (χ4n) is 5.00. The van der Waals surface area contributed by atoms with Gasteiger partial charge >= 0.3 is 12.1 Å². The zero-order valence-corrected chi connectivity index (χ0v) is 14.9. The Balaban J connectivity index is 1.23. The predicted molar refractivity (Wildman–Crippen MR) is 99.4 cm³/mol. The zero-order chi connectivity index (χ0) is 18.6. The van der Waals surface area contributed by atoms with Crippen LogP contribution in [0.4, 0.5) is 4.79 Å². The number of rotatable bonds is 3. The predicted octanol–water partition coefficient (Wildman–Crippen LogP) is 3.73. The second-order valence-corrected chi connectivity index (χ2v) is 8.10. The minimum Gasteiger partial charge on any atom is -0.481 e. The van der Waals surface area contributed by atoms with Gasteiger partial charge in [0, 0.05) is 24.4 Å². The van der Waals surface area contributed by atoms with Crippen LogP contribution in [0, 0.1) is 11.3 Å². The van der Waals surface area contributed by atoms with E-state index in [0.717, 1.165) is 0 Å². The van der Waals surface area contributed by atoms with Crippen LogP contribution in [0.1, 0.15) is 29.9 Å². The highest BCUT2D eigenvalue weighted by molar-refractivity contribution is 5.79. The highest BCUT2D eigenvalue weighted by atomic mass is 16.6. The van der Waals surface area contributed by atoms with Gasteiger partial charge in [-0.05, 0) is 35.1 Å². The maximum atomic E-state index is 12.4. The second-order valence-electron chi connectivity index (χ2n) is 8.10. The lowest BCUT2D eigenvalue weighted by Crippen LogP contribution is -2.64. The first-order valence-electron chi connectivity index (χ1n) is 9.39. The first-order valence-corrected chi connectivity index (χ1v) is 9.39. The molecule has 5 heteroatoms. The number of likely N-dealkylation sites (tertiary alicyclic amines) is 1. The Labute approximate surface area is 157 Å². The van der Waals surface area contributed by atoms with Crippen molar-refractivity contribution in [3.05, 3.63) is 59.7 Å². The molecular weight excluding hydrogens is 342 g/mol. The van der Waals surface area contributed by atoms with Gasteiger partial charge in [0.2, 0.25) is 0 Å². The average Bonchev–Trinajstić information content (AvgIpc) is 2.91. The Morgan fingerprint density at radius 3 is 2.11 bits per heavy atom. The molecule has 0 bridgehead atoms. The van der Waals surface area contributed by atoms with Crippen LogP contribution in [0.25, 0.3) is 11.1 Å². The molecule has 2 fully saturated rings. The molecule has 0 unspecified atom stereocenters. The highest BCUT2D eigenvalue weighted by Crippen LogP contribution is 2.52. The summed E-state index contributed by atoms with van der Waals surface area (Å²) in [6.07, 6.45) is 1.06. The lowest BCUT2D eigenvalue weighted by Gasteiger charge is -2.57. The molecule has 1 N–H and O–H groups in total. The molecule has 1 spiro atoms. The SMILES string of the molecule is O=C(O)C1CC2(C1)CN(C(=O)OCC1c3ccccc3-c3ccccc31)C2. The summed E-state index contributed by atoms with van der Waals surface area (Å²) in [6.45, 7) is 1.56. The minimum absolute atomic E-state index is 0.0225. The molecule has 1 aliphatic heterocycles. The van der Waals surface area contributed by atoms with E-state index in [-0.39, 0.29) is 23.3 Å². The van der Waals surface area contributed by atoms with Crippen LogP contribution in [0.15, 0.2) is 48.5 Å². The third kappa shape index (κ3) is 2.52. The van der Waals surface area contributed by atoms with Gasteiger partial charge < -0.3 is 14.7 Å². The van der Waals surface area contributed by atoms with Gasteiger partial charge in [0.1, 0.15) is 6.61 Å². The summed E-state index contributed by atoms with van der Waals surface area (Å²) in [5.41, 5.74) is 4.86. The van der Waals surface area contributed by atoms with Crippen molar-refractivity contribution in [1.29, 1.82) is 0 Å². The lowest BCUT2D eigenvalue weighted by molar-refractivity contribution is -0.158. The van der Waals surface area contributed by atoms with Gasteiger partial charge in [0.05, 0.1) is 5.92 Å². The van der Waals surface area contributed by atoms with Crippen LogP contribution in [-0.4, -0.2) is 41.8 Å². The van der Waals surface area contributed by atoms with Crippen LogP contribution in [0.5, 0.6) is 0 Å². The monoisotopic (exact) mass is 363 g/mol. The number of hydrogen-bond donors (Lipinski definition) is 1. The number of carboxylic acid groups (broad SMARTS) is 1. The van der Waals surface area contributed by atoms with E-state index in [9.17, 15) is 9.59 Å². The summed E-state index contributed by atoms with van der Waals surface area (Å²) < 4.78 is 5.65. The summed E-state index contributed by atoms with van der Waals surface area (Å²) in [5.74, 6) is -0.897. The molecule has 27 heavy (non-hydrogen) atoms. The van der Waals surface area contributed by atoms with Crippen molar-refractivity contribution < 1.29 is 19.4 Å². The standard InChI is InChI=1S/C22H21NO4/c24-20(25)14-9-22(10-14)12-23(13-22)21(26)27-11-19-17-7-3-1-5-15(17)16-6-2-4-8-18(16)19/h1-8,14,19H,9-13H2,(H,24,25). The van der Waals surface area contributed by atoms with Crippen LogP contribution in [0.3, 0.4) is 0 Å². The van der Waals surface area contributed by atoms with E-state index >= 15 is 0 Å². The summed E-state index contributed by atoms with van der Waals surface area (Å²) in [7, 11) is 0. The van der Waals surface area contributed by atoms with Gasteiger partial charge in [0.25, 0.3) is 0 Å². The molecule has 1 amide bonds. The van der Waals surface area contributed by atoms with Crippen LogP contribution < -0.4 is 0 Å². The topological polar surface area (TPSA) is 66.8 Å². The molecule has 5 nitrogen and oxygen atoms in total. The van der Waals surface area contributed by atoms with E-state index in [1.165, 1.54) is 22.3 Å². The van der Waals surface area contributed by atoms with E-state index in [4.69, 9.17) is 9.84 Å². The molecule has 138 valence electrons. The Kier molecular flexibility index (Phi) is 3.54. The number of carbonyl (C=O) groups is 2. The molecule has 3 aliphatic rings. The number of hydrogen-bond acceptors (Lipinski definition) is 3. The lowest BCUT2D eigenvalue weighted by atomic mass is 9.58. The largest absolute Gasteiger partial charge is 0.481 e. The summed E-state index contributed by atoms with van der Waals surface area (Å²) >= 11 is 0. The number of ether oxygens (including phenoxy) is 1. The van der Waals surface area contributed by atoms with Gasteiger partial charge in [0.15, 0.2) is 0 Å². The summed E-state index contributed by atoms with van der Waals surface area (Å²) in [5, 5.41) is 9.02. The highest BCUT2D eigenvalue weighted by Gasteiger charge is 2.56. The van der Waals surface area contributed by atoms with E-state index < -0.39 is 5.97 Å². The molecule has 1 saturated carbocycles. The Hall–Kier alpha value is -2.82. The number of fused-ring (bicyclic) bond motifs is 3. The Morgan fingerprint density at radius 2 is 1.56 bits per heavy atom. The molecule has 2 aromatic carbocycles. The number of benzene rings is 2. The van der Waals surface area contributed by atoms with Crippen LogP contribution in [0.2, 0.25) is 0 Å². The first kappa shape index (κ1) is 16.4. The molecule has 1 heterocycles. The number of carbonyl (C=O) groups excluding carboxylic acids is 1. The van der Waals surface area contributed by atoms with Crippen molar-refractivity contribution in [1.82, 2.24) is 4.90 Å². The normalized spacial score (nSPS) is 19.8. The number of aliphatic carboxylic acids is 1. The third-order valence-electron chi connectivity index (χ3n) is 6.35. The molecule has 5 rings (SSSR count). The fraction of sp³-hybridized carbons (Fsp3) is 0.364. The van der Waals surface area contributed by atoms with Gasteiger partial charge in [-0.3, -0.25) is 4.79 Å². The maximum Gasteiger partial charge on any atom is 0.409 e. The minimum atomic E-state index is -0.722. The molecule has 1 saturated heterocycles. The Bertz CT molecular complexity index is 878. The molecule has 0 radical (unpaired) electrons. The molecule has 2 aromatic rings. The van der Waals surface area contributed by atoms with Crippen molar-refractivity contribution in [2.75, 3.05) is 19.7 Å². The number of carboxylic acids is 1. The molecule has 2 aliphatic carbocycles. The van der Waals surface area contributed by atoms with Crippen molar-refractivity contribution >= 4 is 12.1 Å². The van der Waals surface area contributed by atoms with E-state index in [1.54, 1.807) is 4.90 Å². The first-order chi connectivity index (χ1) is 13.1. The second kappa shape index (κ2) is 5.84. The Morgan fingerprint density at radius 1 is 1.00 bits per heavy atom.